The molecule has 0 saturated carbocycles. The Balaban J connectivity index is 1.44. The highest BCUT2D eigenvalue weighted by molar-refractivity contribution is 5.82. The van der Waals surface area contributed by atoms with Gasteiger partial charge in [-0.25, -0.2) is 4.79 Å². The fraction of sp³-hybridized carbons (Fsp3) is 0.286. The maximum Gasteiger partial charge on any atom is 0.513 e. The van der Waals surface area contributed by atoms with Crippen molar-refractivity contribution < 1.29 is 42.7 Å². The van der Waals surface area contributed by atoms with Gasteiger partial charge in [0.15, 0.2) is 29.1 Å². The summed E-state index contributed by atoms with van der Waals surface area (Å²) >= 11 is 0. The minimum Gasteiger partial charge on any atom is -0.493 e. The third kappa shape index (κ3) is 6.20. The summed E-state index contributed by atoms with van der Waals surface area (Å²) in [5.41, 5.74) is 0.658. The molecule has 0 radical (unpaired) electrons. The van der Waals surface area contributed by atoms with Crippen LogP contribution in [-0.4, -0.2) is 52.1 Å². The van der Waals surface area contributed by atoms with Crippen molar-refractivity contribution in [2.24, 2.45) is 0 Å². The number of fused-ring (bicyclic) bond motifs is 1. The molecule has 4 rings (SSSR count). The summed E-state index contributed by atoms with van der Waals surface area (Å²) in [6.07, 6.45) is -2.53. The molecule has 0 fully saturated rings. The highest BCUT2D eigenvalue weighted by Crippen LogP contribution is 2.40. The van der Waals surface area contributed by atoms with Crippen molar-refractivity contribution in [3.8, 4) is 34.5 Å². The second kappa shape index (κ2) is 12.6. The zero-order chi connectivity index (χ0) is 26.9. The topological polar surface area (TPSA) is 111 Å². The highest BCUT2D eigenvalue weighted by Gasteiger charge is 2.38. The number of carbonyl (C=O) groups is 2. The number of rotatable bonds is 10. The molecule has 200 valence electrons. The Bertz CT molecular complexity index is 1220. The molecular formula is C28H29NO9. The van der Waals surface area contributed by atoms with Gasteiger partial charge in [-0.05, 0) is 48.9 Å². The highest BCUT2D eigenvalue weighted by atomic mass is 16.7. The molecule has 1 amide bonds. The Morgan fingerprint density at radius 1 is 0.868 bits per heavy atom. The minimum absolute atomic E-state index is 0.164. The molecule has 2 atom stereocenters. The second-order valence-corrected chi connectivity index (χ2v) is 8.01. The van der Waals surface area contributed by atoms with Gasteiger partial charge in [0, 0.05) is 0 Å². The third-order valence-corrected chi connectivity index (χ3v) is 5.59. The predicted octanol–water partition coefficient (Wildman–Crippen LogP) is 4.32. The molecule has 0 aliphatic carbocycles. The van der Waals surface area contributed by atoms with Crippen molar-refractivity contribution in [3.63, 3.8) is 0 Å². The van der Waals surface area contributed by atoms with Gasteiger partial charge in [-0.15, -0.1) is 0 Å². The van der Waals surface area contributed by atoms with E-state index < -0.39 is 18.4 Å². The molecule has 0 spiro atoms. The van der Waals surface area contributed by atoms with Crippen LogP contribution >= 0.6 is 0 Å². The summed E-state index contributed by atoms with van der Waals surface area (Å²) < 4.78 is 38.6. The predicted molar refractivity (Wildman–Crippen MR) is 136 cm³/mol. The van der Waals surface area contributed by atoms with Crippen LogP contribution < -0.4 is 33.7 Å². The summed E-state index contributed by atoms with van der Waals surface area (Å²) in [5.74, 6) is 2.38. The van der Waals surface area contributed by atoms with Gasteiger partial charge in [0.25, 0.3) is 5.91 Å². The van der Waals surface area contributed by atoms with E-state index in [4.69, 9.17) is 33.2 Å². The van der Waals surface area contributed by atoms with Crippen LogP contribution in [0.1, 0.15) is 18.6 Å². The standard InChI is InChI=1S/C28H29NO9/c1-4-34-28(31)36-19-14-12-18(13-15-19)24-26(38-21-9-6-5-8-20(21)37-24)27(30)29-16-17-35-25-22(32-2)10-7-11-23(25)33-3/h5-15,24,26H,4,16-17H2,1-3H3,(H,29,30)/t24-,26+/m1/s1. The Morgan fingerprint density at radius 2 is 1.53 bits per heavy atom. The Labute approximate surface area is 220 Å². The molecule has 0 aromatic heterocycles. The van der Waals surface area contributed by atoms with Crippen LogP contribution in [0.3, 0.4) is 0 Å². The van der Waals surface area contributed by atoms with E-state index in [9.17, 15) is 9.59 Å². The molecule has 38 heavy (non-hydrogen) atoms. The number of ether oxygens (including phenoxy) is 7. The van der Waals surface area contributed by atoms with Crippen LogP contribution in [0.25, 0.3) is 0 Å². The van der Waals surface area contributed by atoms with Crippen LogP contribution in [0, 0.1) is 0 Å². The number of para-hydroxylation sites is 3. The van der Waals surface area contributed by atoms with E-state index in [1.165, 1.54) is 14.2 Å². The molecule has 0 unspecified atom stereocenters. The molecule has 1 heterocycles. The first-order valence-electron chi connectivity index (χ1n) is 12.0. The Morgan fingerprint density at radius 3 is 2.16 bits per heavy atom. The fourth-order valence-electron chi connectivity index (χ4n) is 3.83. The first-order valence-corrected chi connectivity index (χ1v) is 12.0. The first-order chi connectivity index (χ1) is 18.5. The second-order valence-electron chi connectivity index (χ2n) is 8.01. The van der Waals surface area contributed by atoms with E-state index in [1.807, 2.05) is 6.07 Å². The number of hydrogen-bond acceptors (Lipinski definition) is 9. The average molecular weight is 524 g/mol. The maximum absolute atomic E-state index is 13.2. The van der Waals surface area contributed by atoms with Crippen LogP contribution in [0.4, 0.5) is 4.79 Å². The van der Waals surface area contributed by atoms with Gasteiger partial charge >= 0.3 is 6.16 Å². The quantitative estimate of drug-likeness (QED) is 0.236. The van der Waals surface area contributed by atoms with E-state index >= 15 is 0 Å². The normalized spacial score (nSPS) is 15.7. The average Bonchev–Trinajstić information content (AvgIpc) is 2.95. The Kier molecular flexibility index (Phi) is 8.76. The zero-order valence-electron chi connectivity index (χ0n) is 21.3. The lowest BCUT2D eigenvalue weighted by Crippen LogP contribution is -2.46. The third-order valence-electron chi connectivity index (χ3n) is 5.59. The molecule has 3 aromatic carbocycles. The van der Waals surface area contributed by atoms with Crippen molar-refractivity contribution in [3.05, 3.63) is 72.3 Å². The summed E-state index contributed by atoms with van der Waals surface area (Å²) in [5, 5.41) is 2.84. The minimum atomic E-state index is -0.984. The van der Waals surface area contributed by atoms with Crippen molar-refractivity contribution in [1.82, 2.24) is 5.32 Å². The van der Waals surface area contributed by atoms with E-state index in [2.05, 4.69) is 5.32 Å². The summed E-state index contributed by atoms with van der Waals surface area (Å²) in [6.45, 7) is 2.25. The van der Waals surface area contributed by atoms with E-state index in [0.717, 1.165) is 0 Å². The molecule has 10 heteroatoms. The van der Waals surface area contributed by atoms with Crippen LogP contribution in [0.2, 0.25) is 0 Å². The van der Waals surface area contributed by atoms with Crippen molar-refractivity contribution >= 4 is 12.1 Å². The van der Waals surface area contributed by atoms with E-state index in [1.54, 1.807) is 67.6 Å². The lowest BCUT2D eigenvalue weighted by molar-refractivity contribution is -0.134. The molecule has 1 aliphatic rings. The van der Waals surface area contributed by atoms with Crippen LogP contribution in [0.15, 0.2) is 66.7 Å². The summed E-state index contributed by atoms with van der Waals surface area (Å²) in [6, 6.07) is 19.0. The maximum atomic E-state index is 13.2. The van der Waals surface area contributed by atoms with Gasteiger partial charge in [-0.2, -0.15) is 0 Å². The van der Waals surface area contributed by atoms with Crippen LogP contribution in [0.5, 0.6) is 34.5 Å². The van der Waals surface area contributed by atoms with Crippen molar-refractivity contribution in [1.29, 1.82) is 0 Å². The number of benzene rings is 3. The molecule has 3 aromatic rings. The number of amides is 1. The monoisotopic (exact) mass is 523 g/mol. The molecule has 0 bridgehead atoms. The van der Waals surface area contributed by atoms with Crippen molar-refractivity contribution in [2.75, 3.05) is 34.0 Å². The summed E-state index contributed by atoms with van der Waals surface area (Å²) in [4.78, 5) is 24.8. The Hall–Kier alpha value is -4.60. The van der Waals surface area contributed by atoms with E-state index in [-0.39, 0.29) is 25.7 Å². The number of methoxy groups -OCH3 is 2. The molecule has 1 aliphatic heterocycles. The van der Waals surface area contributed by atoms with Crippen molar-refractivity contribution in [2.45, 2.75) is 19.1 Å². The molecule has 10 nitrogen and oxygen atoms in total. The van der Waals surface area contributed by atoms with Crippen LogP contribution in [-0.2, 0) is 9.53 Å². The van der Waals surface area contributed by atoms with Gasteiger partial charge in [0.1, 0.15) is 12.4 Å². The molecular weight excluding hydrogens is 494 g/mol. The summed E-state index contributed by atoms with van der Waals surface area (Å²) in [7, 11) is 3.08. The van der Waals surface area contributed by atoms with Gasteiger partial charge in [0.2, 0.25) is 11.9 Å². The molecule has 0 saturated heterocycles. The lowest BCUT2D eigenvalue weighted by atomic mass is 10.0. The van der Waals surface area contributed by atoms with Gasteiger partial charge in [0.05, 0.1) is 27.4 Å². The van der Waals surface area contributed by atoms with Gasteiger partial charge < -0.3 is 38.5 Å². The largest absolute Gasteiger partial charge is 0.513 e. The fourth-order valence-corrected chi connectivity index (χ4v) is 3.83. The molecule has 1 N–H and O–H groups in total. The smallest absolute Gasteiger partial charge is 0.493 e. The van der Waals surface area contributed by atoms with Gasteiger partial charge in [-0.1, -0.05) is 30.3 Å². The number of carbonyl (C=O) groups excluding carboxylic acids is 2. The van der Waals surface area contributed by atoms with Gasteiger partial charge in [-0.3, -0.25) is 4.79 Å². The van der Waals surface area contributed by atoms with E-state index in [0.29, 0.717) is 40.1 Å². The number of nitrogens with one attached hydrogen (secondary N) is 1. The number of hydrogen-bond donors (Lipinski definition) is 1. The zero-order valence-corrected chi connectivity index (χ0v) is 21.3. The first kappa shape index (κ1) is 26.5. The SMILES string of the molecule is CCOC(=O)Oc1ccc([C@H]2Oc3ccccc3O[C@@H]2C(=O)NCCOc2c(OC)cccc2OC)cc1. The lowest BCUT2D eigenvalue weighted by Gasteiger charge is -2.33.